The van der Waals surface area contributed by atoms with E-state index in [1.807, 2.05) is 0 Å². The molecule has 0 radical (unpaired) electrons. The number of aliphatic hydroxyl groups excluding tert-OH is 1. The molecule has 30 heavy (non-hydrogen) atoms. The molecule has 3 unspecified atom stereocenters. The van der Waals surface area contributed by atoms with Gasteiger partial charge in [0.15, 0.2) is 0 Å². The Bertz CT molecular complexity index is 889. The van der Waals surface area contributed by atoms with Crippen molar-refractivity contribution in [1.29, 1.82) is 0 Å². The van der Waals surface area contributed by atoms with E-state index in [0.717, 1.165) is 11.2 Å². The third kappa shape index (κ3) is 2.93. The molecule has 1 nitrogen and oxygen atoms in total. The molecule has 160 valence electrons. The third-order valence-corrected chi connectivity index (χ3v) is 12.5. The molecular weight excluding hydrogens is 384 g/mol. The summed E-state index contributed by atoms with van der Waals surface area (Å²) in [5.41, 5.74) is 5.09. The summed E-state index contributed by atoms with van der Waals surface area (Å²) in [6.07, 6.45) is 2.75. The number of hydrogen-bond donors (Lipinski definition) is 1. The van der Waals surface area contributed by atoms with Gasteiger partial charge in [-0.25, -0.2) is 0 Å². The van der Waals surface area contributed by atoms with Crippen molar-refractivity contribution < 1.29 is 5.11 Å². The molecule has 2 aromatic rings. The van der Waals surface area contributed by atoms with Crippen LogP contribution in [0.5, 0.6) is 0 Å². The minimum Gasteiger partial charge on any atom is -0.396 e. The van der Waals surface area contributed by atoms with Crippen LogP contribution in [0.3, 0.4) is 0 Å². The number of aryl methyl sites for hydroxylation is 1. The van der Waals surface area contributed by atoms with E-state index < -0.39 is 0 Å². The second-order valence-electron chi connectivity index (χ2n) is 11.0. The lowest BCUT2D eigenvalue weighted by Gasteiger charge is -2.47. The minimum atomic E-state index is 0.323. The van der Waals surface area contributed by atoms with Crippen LogP contribution in [0.15, 0.2) is 54.6 Å². The molecule has 3 fully saturated rings. The molecule has 3 aliphatic rings. The highest BCUT2D eigenvalue weighted by molar-refractivity contribution is 7.96. The summed E-state index contributed by atoms with van der Waals surface area (Å²) in [6, 6.07) is 20.4. The molecular formula is C28H37OS+. The number of rotatable bonds is 4. The van der Waals surface area contributed by atoms with Gasteiger partial charge in [-0.15, -0.1) is 0 Å². The van der Waals surface area contributed by atoms with Crippen molar-refractivity contribution in [1.82, 2.24) is 0 Å². The number of fused-ring (bicyclic) bond motifs is 5. The maximum absolute atomic E-state index is 10.6. The van der Waals surface area contributed by atoms with Gasteiger partial charge in [-0.05, 0) is 47.6 Å². The quantitative estimate of drug-likeness (QED) is 0.604. The third-order valence-electron chi connectivity index (χ3n) is 9.42. The molecule has 0 amide bonds. The second kappa shape index (κ2) is 7.41. The van der Waals surface area contributed by atoms with Crippen molar-refractivity contribution in [2.45, 2.75) is 57.5 Å². The molecule has 7 atom stereocenters. The smallest absolute Gasteiger partial charge is 0.133 e. The van der Waals surface area contributed by atoms with Crippen LogP contribution in [0, 0.1) is 35.5 Å². The molecule has 0 spiro atoms. The van der Waals surface area contributed by atoms with Crippen molar-refractivity contribution in [3.8, 4) is 0 Å². The normalized spacial score (nSPS) is 39.1. The summed E-state index contributed by atoms with van der Waals surface area (Å²) in [7, 11) is 0.325. The first-order valence-electron chi connectivity index (χ1n) is 11.7. The van der Waals surface area contributed by atoms with Crippen LogP contribution in [0.4, 0.5) is 0 Å². The summed E-state index contributed by atoms with van der Waals surface area (Å²) in [5.74, 6) is 4.76. The molecule has 2 aliphatic carbocycles. The molecule has 5 rings (SSSR count). The monoisotopic (exact) mass is 421 g/mol. The van der Waals surface area contributed by atoms with E-state index in [1.165, 1.54) is 41.0 Å². The van der Waals surface area contributed by atoms with E-state index in [4.69, 9.17) is 0 Å². The topological polar surface area (TPSA) is 20.2 Å². The van der Waals surface area contributed by atoms with Crippen molar-refractivity contribution in [2.24, 2.45) is 28.6 Å². The first kappa shape index (κ1) is 20.6. The van der Waals surface area contributed by atoms with Gasteiger partial charge in [0.25, 0.3) is 0 Å². The predicted molar refractivity (Wildman–Crippen MR) is 129 cm³/mol. The molecule has 1 aliphatic heterocycles. The highest BCUT2D eigenvalue weighted by Gasteiger charge is 2.74. The van der Waals surface area contributed by atoms with Gasteiger partial charge in [0.1, 0.15) is 16.8 Å². The SMILES string of the molecule is Cc1ccc([C@H]2C3C([S+](Cc4ccccc4)C[C@@H]2CO)[C@]2(C)CC[C@H]3C2(C)C)cc1. The maximum Gasteiger partial charge on any atom is 0.133 e. The van der Waals surface area contributed by atoms with Gasteiger partial charge in [0, 0.05) is 28.7 Å². The zero-order valence-electron chi connectivity index (χ0n) is 19.0. The Morgan fingerprint density at radius 1 is 1.00 bits per heavy atom. The molecule has 2 bridgehead atoms. The largest absolute Gasteiger partial charge is 0.396 e. The molecule has 1 saturated heterocycles. The highest BCUT2D eigenvalue weighted by Crippen LogP contribution is 2.73. The minimum absolute atomic E-state index is 0.323. The van der Waals surface area contributed by atoms with Gasteiger partial charge >= 0.3 is 0 Å². The summed E-state index contributed by atoms with van der Waals surface area (Å²) in [4.78, 5) is 0. The zero-order valence-corrected chi connectivity index (χ0v) is 19.8. The van der Waals surface area contributed by atoms with Crippen LogP contribution in [-0.2, 0) is 16.6 Å². The lowest BCUT2D eigenvalue weighted by atomic mass is 9.68. The fraction of sp³-hybridized carbons (Fsp3) is 0.571. The van der Waals surface area contributed by atoms with Gasteiger partial charge in [-0.3, -0.25) is 0 Å². The van der Waals surface area contributed by atoms with Crippen molar-refractivity contribution in [3.63, 3.8) is 0 Å². The van der Waals surface area contributed by atoms with E-state index >= 15 is 0 Å². The van der Waals surface area contributed by atoms with Crippen molar-refractivity contribution >= 4 is 10.9 Å². The average molecular weight is 422 g/mol. The van der Waals surface area contributed by atoms with Crippen molar-refractivity contribution in [2.75, 3.05) is 12.4 Å². The van der Waals surface area contributed by atoms with Gasteiger partial charge < -0.3 is 5.11 Å². The Kier molecular flexibility index (Phi) is 5.10. The van der Waals surface area contributed by atoms with Crippen molar-refractivity contribution in [3.05, 3.63) is 71.3 Å². The van der Waals surface area contributed by atoms with Gasteiger partial charge in [-0.2, -0.15) is 0 Å². The number of benzene rings is 2. The Morgan fingerprint density at radius 3 is 2.37 bits per heavy atom. The summed E-state index contributed by atoms with van der Waals surface area (Å²) in [6.45, 7) is 10.2. The molecule has 0 aromatic heterocycles. The lowest BCUT2D eigenvalue weighted by Crippen LogP contribution is -2.53. The summed E-state index contributed by atoms with van der Waals surface area (Å²) in [5, 5.41) is 11.3. The first-order chi connectivity index (χ1) is 14.4. The number of aliphatic hydroxyl groups is 1. The van der Waals surface area contributed by atoms with E-state index in [9.17, 15) is 5.11 Å². The van der Waals surface area contributed by atoms with Crippen LogP contribution in [0.1, 0.15) is 56.2 Å². The van der Waals surface area contributed by atoms with Gasteiger partial charge in [0.05, 0.1) is 6.61 Å². The maximum atomic E-state index is 10.6. The van der Waals surface area contributed by atoms with E-state index in [2.05, 4.69) is 82.3 Å². The summed E-state index contributed by atoms with van der Waals surface area (Å²) >= 11 is 0. The molecule has 2 aromatic carbocycles. The van der Waals surface area contributed by atoms with Crippen LogP contribution in [-0.4, -0.2) is 22.7 Å². The molecule has 2 saturated carbocycles. The van der Waals surface area contributed by atoms with Crippen LogP contribution in [0.2, 0.25) is 0 Å². The summed E-state index contributed by atoms with van der Waals surface area (Å²) < 4.78 is 0. The molecule has 2 heteroatoms. The molecule has 1 heterocycles. The Labute approximate surface area is 185 Å². The zero-order chi connectivity index (χ0) is 21.1. The molecule has 1 N–H and O–H groups in total. The van der Waals surface area contributed by atoms with Crippen LogP contribution < -0.4 is 0 Å². The second-order valence-corrected chi connectivity index (χ2v) is 13.2. The standard InChI is InChI=1S/C28H37OS/c1-19-10-12-21(13-11-19)24-22(16-29)18-30(17-20-8-6-5-7-9-20)26-25(24)23-14-15-28(26,4)27(23,2)3/h5-13,22-26,29H,14-18H2,1-4H3/q+1/t22-,23+,24+,25?,26?,28-,30?/m0/s1. The highest BCUT2D eigenvalue weighted by atomic mass is 32.2. The Morgan fingerprint density at radius 2 is 1.70 bits per heavy atom. The first-order valence-corrected chi connectivity index (χ1v) is 13.4. The van der Waals surface area contributed by atoms with Gasteiger partial charge in [-0.1, -0.05) is 80.9 Å². The van der Waals surface area contributed by atoms with Gasteiger partial charge in [0.2, 0.25) is 0 Å². The van der Waals surface area contributed by atoms with E-state index in [1.54, 1.807) is 0 Å². The van der Waals surface area contributed by atoms with Crippen LogP contribution in [0.25, 0.3) is 0 Å². The Balaban J connectivity index is 1.59. The van der Waals surface area contributed by atoms with Crippen LogP contribution >= 0.6 is 0 Å². The average Bonchev–Trinajstić information content (AvgIpc) is 3.07. The van der Waals surface area contributed by atoms with E-state index in [0.29, 0.717) is 46.1 Å². The fourth-order valence-electron chi connectivity index (χ4n) is 7.59. The fourth-order valence-corrected chi connectivity index (χ4v) is 11.5. The lowest BCUT2D eigenvalue weighted by molar-refractivity contribution is 0.144. The Hall–Kier alpha value is -1.25. The number of hydrogen-bond acceptors (Lipinski definition) is 1. The predicted octanol–water partition coefficient (Wildman–Crippen LogP) is 5.96. The van der Waals surface area contributed by atoms with E-state index in [-0.39, 0.29) is 0 Å².